The molecule has 1 heterocycles. The first-order valence-corrected chi connectivity index (χ1v) is 50.7. The second-order valence-electron chi connectivity index (χ2n) is 21.9. The van der Waals surface area contributed by atoms with Crippen LogP contribution in [-0.4, -0.2) is 149 Å². The lowest BCUT2D eigenvalue weighted by atomic mass is 10.2. The zero-order valence-electron chi connectivity index (χ0n) is 54.8. The van der Waals surface area contributed by atoms with Crippen molar-refractivity contribution in [1.82, 2.24) is 0 Å². The molecule has 0 aliphatic carbocycles. The van der Waals surface area contributed by atoms with Gasteiger partial charge in [0.25, 0.3) is 0 Å². The highest BCUT2D eigenvalue weighted by Gasteiger charge is 2.56. The van der Waals surface area contributed by atoms with Crippen molar-refractivity contribution in [2.75, 3.05) is 79.3 Å². The summed E-state index contributed by atoms with van der Waals surface area (Å²) in [5.41, 5.74) is 0. The monoisotopic (exact) mass is 1280 g/mol. The Labute approximate surface area is 501 Å². The molecular weight excluding hydrogens is 1150 g/mol. The van der Waals surface area contributed by atoms with Crippen molar-refractivity contribution >= 4 is 69.5 Å². The lowest BCUT2D eigenvalue weighted by Crippen LogP contribution is -2.67. The van der Waals surface area contributed by atoms with Gasteiger partial charge in [-0.25, -0.2) is 0 Å². The van der Waals surface area contributed by atoms with Crippen molar-refractivity contribution in [3.63, 3.8) is 0 Å². The minimum Gasteiger partial charge on any atom is -0.416 e. The minimum absolute atomic E-state index is 0.610. The fraction of sp³-hybridized carbons (Fsp3) is 1.00. The van der Waals surface area contributed by atoms with Crippen LogP contribution in [0.1, 0.15) is 212 Å². The maximum atomic E-state index is 7.74. The Morgan fingerprint density at radius 2 is 0.325 bits per heavy atom. The highest BCUT2D eigenvalue weighted by molar-refractivity contribution is 6.94. The first-order chi connectivity index (χ1) is 38.4. The van der Waals surface area contributed by atoms with E-state index in [-0.39, 0.29) is 0 Å². The van der Waals surface area contributed by atoms with Gasteiger partial charge in [0.1, 0.15) is 0 Å². The predicted molar refractivity (Wildman–Crippen MR) is 344 cm³/mol. The summed E-state index contributed by atoms with van der Waals surface area (Å²) in [7, 11) is -21.7. The smallest absolute Gasteiger partial charge is 0.416 e. The first kappa shape index (κ1) is 79.1. The van der Waals surface area contributed by atoms with Crippen LogP contribution in [0.4, 0.5) is 0 Å². The molecule has 1 aliphatic rings. The van der Waals surface area contributed by atoms with Crippen LogP contribution in [0.5, 0.6) is 0 Å². The molecule has 1 rings (SSSR count). The van der Waals surface area contributed by atoms with Crippen LogP contribution in [0, 0.1) is 0 Å². The molecule has 0 bridgehead atoms. The van der Waals surface area contributed by atoms with Gasteiger partial charge in [-0.05, 0) is 159 Å². The molecule has 24 heteroatoms. The number of rotatable bonds is 56. The van der Waals surface area contributed by atoms with Gasteiger partial charge in [0.2, 0.25) is 0 Å². The van der Waals surface area contributed by atoms with Crippen molar-refractivity contribution in [2.45, 2.75) is 286 Å². The van der Waals surface area contributed by atoms with Gasteiger partial charge in [0.05, 0.1) is 0 Å². The minimum atomic E-state index is -2.78. The molecule has 80 heavy (non-hydrogen) atoms. The van der Waals surface area contributed by atoms with Crippen molar-refractivity contribution in [1.29, 1.82) is 0 Å². The molecule has 0 spiro atoms. The topological polar surface area (TPSA) is 148 Å². The highest BCUT2D eigenvalue weighted by Crippen LogP contribution is 2.40. The molecule has 1 aliphatic heterocycles. The van der Waals surface area contributed by atoms with E-state index in [0.717, 1.165) is 177 Å². The van der Waals surface area contributed by atoms with E-state index < -0.39 is 69.5 Å². The SMILES string of the molecule is CCO[Si](CCCCCCC[Si]1(C)O[Si](C)(CCCCCCC[Si](OCC)(OCC)OCC)O[Si](C)(CCCCCCC[Si](OCC)(OCC)OCC)O[Si](C)(CCCCCCC[Si](OCC)(OCC)OCC)O1)(OCC)OCC. The molecule has 1 fully saturated rings. The van der Waals surface area contributed by atoms with E-state index in [2.05, 4.69) is 26.2 Å². The Bertz CT molecular complexity index is 1190. The van der Waals surface area contributed by atoms with Gasteiger partial charge < -0.3 is 69.6 Å². The molecule has 0 aromatic rings. The number of hydrogen-bond acceptors (Lipinski definition) is 16. The van der Waals surface area contributed by atoms with E-state index in [9.17, 15) is 0 Å². The van der Waals surface area contributed by atoms with Gasteiger partial charge in [0, 0.05) is 103 Å². The van der Waals surface area contributed by atoms with Crippen LogP contribution in [-0.2, 0) is 69.6 Å². The van der Waals surface area contributed by atoms with E-state index in [1.54, 1.807) is 0 Å². The van der Waals surface area contributed by atoms with Crippen LogP contribution in [0.2, 0.25) is 74.5 Å². The summed E-state index contributed by atoms with van der Waals surface area (Å²) in [6.45, 7) is 41.1. The van der Waals surface area contributed by atoms with Crippen molar-refractivity contribution < 1.29 is 69.6 Å². The standard InChI is InChI=1S/C56H128O16Si8/c1-17-57-77(58-18-2,59-19-3)53-45-37-29-33-41-49-73(13)69-74(14,50-42-34-30-38-46-54-78(60-20-4,61-21-5)62-22-6)71-76(16,52-44-36-32-40-48-56-80(66-26-10,67-27-11)68-28-12)72-75(15,70-73)51-43-35-31-39-47-55-79(63-23-7,64-24-8)65-25-9/h17-56H2,1-16H3. The van der Waals surface area contributed by atoms with E-state index in [0.29, 0.717) is 79.3 Å². The normalized spacial score (nSPS) is 21.6. The molecule has 0 saturated carbocycles. The first-order valence-electron chi connectivity index (χ1n) is 32.9. The molecule has 480 valence electrons. The average molecular weight is 1280 g/mol. The Balaban J connectivity index is 3.41. The van der Waals surface area contributed by atoms with Gasteiger partial charge in [-0.1, -0.05) is 103 Å². The summed E-state index contributed by atoms with van der Waals surface area (Å²) in [4.78, 5) is 0. The lowest BCUT2D eigenvalue weighted by Gasteiger charge is -2.50. The third kappa shape index (κ3) is 32.9. The van der Waals surface area contributed by atoms with Gasteiger partial charge in [0.15, 0.2) is 0 Å². The highest BCUT2D eigenvalue weighted by atomic mass is 28.5. The maximum Gasteiger partial charge on any atom is 0.500 e. The van der Waals surface area contributed by atoms with Crippen molar-refractivity contribution in [3.8, 4) is 0 Å². The number of hydrogen-bond donors (Lipinski definition) is 0. The molecule has 0 amide bonds. The molecule has 0 N–H and O–H groups in total. The van der Waals surface area contributed by atoms with Crippen molar-refractivity contribution in [2.24, 2.45) is 0 Å². The van der Waals surface area contributed by atoms with E-state index in [4.69, 9.17) is 69.6 Å². The second-order valence-corrected chi connectivity index (χ2v) is 47.2. The van der Waals surface area contributed by atoms with Gasteiger partial charge in [-0.15, -0.1) is 0 Å². The Kier molecular flexibility index (Phi) is 44.9. The van der Waals surface area contributed by atoms with Crippen molar-refractivity contribution in [3.05, 3.63) is 0 Å². The average Bonchev–Trinajstić information content (AvgIpc) is 3.38. The van der Waals surface area contributed by atoms with E-state index >= 15 is 0 Å². The third-order valence-corrected chi connectivity index (χ3v) is 46.0. The molecule has 1 saturated heterocycles. The Hall–Kier alpha value is 1.10. The van der Waals surface area contributed by atoms with Gasteiger partial charge >= 0.3 is 69.5 Å². The summed E-state index contributed by atoms with van der Waals surface area (Å²) in [5.74, 6) is 0. The van der Waals surface area contributed by atoms with Gasteiger partial charge in [-0.3, -0.25) is 0 Å². The predicted octanol–water partition coefficient (Wildman–Crippen LogP) is 16.3. The lowest BCUT2D eigenvalue weighted by molar-refractivity contribution is 0.0698. The van der Waals surface area contributed by atoms with Crippen LogP contribution in [0.25, 0.3) is 0 Å². The molecular formula is C56H128O16Si8. The summed E-state index contributed by atoms with van der Waals surface area (Å²) in [6.07, 6.45) is 21.9. The summed E-state index contributed by atoms with van der Waals surface area (Å²) in [5, 5.41) is 0. The molecule has 0 unspecified atom stereocenters. The zero-order valence-corrected chi connectivity index (χ0v) is 62.8. The summed E-state index contributed by atoms with van der Waals surface area (Å²) < 4.78 is 105. The van der Waals surface area contributed by atoms with E-state index in [1.165, 1.54) is 0 Å². The molecule has 0 aromatic carbocycles. The fourth-order valence-corrected chi connectivity index (χ4v) is 46.0. The fourth-order valence-electron chi connectivity index (χ4n) is 11.6. The third-order valence-electron chi connectivity index (χ3n) is 14.6. The summed E-state index contributed by atoms with van der Waals surface area (Å²) >= 11 is 0. The van der Waals surface area contributed by atoms with Gasteiger partial charge in [-0.2, -0.15) is 0 Å². The number of unbranched alkanes of at least 4 members (excludes halogenated alkanes) is 16. The molecule has 0 radical (unpaired) electrons. The van der Waals surface area contributed by atoms with Crippen LogP contribution in [0.15, 0.2) is 0 Å². The molecule has 0 aromatic heterocycles. The largest absolute Gasteiger partial charge is 0.500 e. The van der Waals surface area contributed by atoms with E-state index in [1.807, 2.05) is 83.1 Å². The Morgan fingerprint density at radius 1 is 0.200 bits per heavy atom. The van der Waals surface area contributed by atoms with Crippen LogP contribution < -0.4 is 0 Å². The van der Waals surface area contributed by atoms with Crippen LogP contribution in [0.3, 0.4) is 0 Å². The Morgan fingerprint density at radius 3 is 0.463 bits per heavy atom. The summed E-state index contributed by atoms with van der Waals surface area (Å²) in [6, 6.07) is 7.20. The zero-order chi connectivity index (χ0) is 59.6. The molecule has 0 atom stereocenters. The second kappa shape index (κ2) is 45.4. The van der Waals surface area contributed by atoms with Crippen LogP contribution >= 0.6 is 0 Å². The maximum absolute atomic E-state index is 7.74. The molecule has 16 nitrogen and oxygen atoms in total. The quantitative estimate of drug-likeness (QED) is 0.0420.